The van der Waals surface area contributed by atoms with Gasteiger partial charge in [0.25, 0.3) is 5.91 Å². The normalized spacial score (nSPS) is 17.6. The van der Waals surface area contributed by atoms with E-state index in [1.807, 2.05) is 13.8 Å². The van der Waals surface area contributed by atoms with Crippen LogP contribution in [0.15, 0.2) is 24.3 Å². The van der Waals surface area contributed by atoms with E-state index in [4.69, 9.17) is 17.0 Å². The smallest absolute Gasteiger partial charge is 0.411 e. The number of hydrogen-bond donors (Lipinski definition) is 2. The van der Waals surface area contributed by atoms with Gasteiger partial charge in [-0.3, -0.25) is 15.0 Å². The van der Waals surface area contributed by atoms with Crippen LogP contribution in [0.5, 0.6) is 0 Å². The molecule has 0 aliphatic carbocycles. The first-order valence-corrected chi connectivity index (χ1v) is 7.47. The second-order valence-corrected chi connectivity index (χ2v) is 5.90. The van der Waals surface area contributed by atoms with Gasteiger partial charge in [0.05, 0.1) is 12.3 Å². The molecule has 0 bridgehead atoms. The number of thiocarbonyl (C=S) groups is 1. The molecule has 2 N–H and O–H groups in total. The van der Waals surface area contributed by atoms with Crippen LogP contribution < -0.4 is 15.5 Å². The quantitative estimate of drug-likeness (QED) is 0.834. The molecule has 118 valence electrons. The lowest BCUT2D eigenvalue weighted by molar-refractivity contribution is -0.117. The predicted octanol–water partition coefficient (Wildman–Crippen LogP) is 2.50. The molecule has 1 saturated heterocycles. The van der Waals surface area contributed by atoms with Crippen molar-refractivity contribution in [1.29, 1.82) is 0 Å². The van der Waals surface area contributed by atoms with Gasteiger partial charge in [0.1, 0.15) is 6.04 Å². The summed E-state index contributed by atoms with van der Waals surface area (Å²) in [6, 6.07) is 6.56. The second kappa shape index (κ2) is 6.74. The van der Waals surface area contributed by atoms with Crippen molar-refractivity contribution in [3.63, 3.8) is 0 Å². The number of rotatable bonds is 4. The van der Waals surface area contributed by atoms with Crippen LogP contribution in [0.2, 0.25) is 0 Å². The Balaban J connectivity index is 2.09. The number of anilines is 2. The van der Waals surface area contributed by atoms with E-state index in [2.05, 4.69) is 10.6 Å². The van der Waals surface area contributed by atoms with Crippen molar-refractivity contribution in [2.24, 2.45) is 5.92 Å². The number of nitrogens with one attached hydrogen (secondary N) is 2. The summed E-state index contributed by atoms with van der Waals surface area (Å²) in [4.78, 5) is 25.2. The van der Waals surface area contributed by atoms with Crippen molar-refractivity contribution in [3.8, 4) is 0 Å². The molecule has 1 fully saturated rings. The van der Waals surface area contributed by atoms with Gasteiger partial charge < -0.3 is 10.1 Å². The maximum absolute atomic E-state index is 12.1. The Kier molecular flexibility index (Phi) is 4.97. The molecule has 1 aliphatic rings. The zero-order chi connectivity index (χ0) is 16.3. The summed E-state index contributed by atoms with van der Waals surface area (Å²) in [5.41, 5.74) is 1.15. The molecule has 1 heterocycles. The van der Waals surface area contributed by atoms with Crippen LogP contribution in [-0.4, -0.2) is 29.8 Å². The number of ether oxygens (including phenoxy) is 1. The maximum atomic E-state index is 12.1. The van der Waals surface area contributed by atoms with Crippen LogP contribution in [0.25, 0.3) is 0 Å². The standard InChI is InChI=1S/C15H19N3O3S/c1-9(2)8-21-15(20)17-11-5-4-6-12(7-11)18-13(19)10(3)16-14(18)22/h4-7,9-10H,8H2,1-3H3,(H,16,22)(H,17,20)/t10-/m1/s1. The third-order valence-corrected chi connectivity index (χ3v) is 3.33. The Bertz CT molecular complexity index is 603. The third kappa shape index (κ3) is 3.73. The van der Waals surface area contributed by atoms with Crippen molar-refractivity contribution in [1.82, 2.24) is 5.32 Å². The minimum absolute atomic E-state index is 0.121. The molecule has 1 aromatic rings. The fraction of sp³-hybridized carbons (Fsp3) is 0.400. The molecular formula is C15H19N3O3S. The van der Waals surface area contributed by atoms with E-state index >= 15 is 0 Å². The van der Waals surface area contributed by atoms with Gasteiger partial charge in [-0.2, -0.15) is 0 Å². The van der Waals surface area contributed by atoms with Crippen LogP contribution in [-0.2, 0) is 9.53 Å². The summed E-state index contributed by atoms with van der Waals surface area (Å²) < 4.78 is 5.06. The number of carbonyl (C=O) groups excluding carboxylic acids is 2. The van der Waals surface area contributed by atoms with E-state index in [0.717, 1.165) is 0 Å². The van der Waals surface area contributed by atoms with Gasteiger partial charge in [-0.05, 0) is 43.3 Å². The van der Waals surface area contributed by atoms with Crippen LogP contribution in [0.3, 0.4) is 0 Å². The molecule has 7 heteroatoms. The highest BCUT2D eigenvalue weighted by molar-refractivity contribution is 7.80. The average Bonchev–Trinajstić information content (AvgIpc) is 2.70. The summed E-state index contributed by atoms with van der Waals surface area (Å²) >= 11 is 5.16. The van der Waals surface area contributed by atoms with Crippen LogP contribution >= 0.6 is 12.2 Å². The number of benzene rings is 1. The van der Waals surface area contributed by atoms with Gasteiger partial charge in [-0.15, -0.1) is 0 Å². The third-order valence-electron chi connectivity index (χ3n) is 3.03. The molecule has 22 heavy (non-hydrogen) atoms. The van der Waals surface area contributed by atoms with Gasteiger partial charge in [0, 0.05) is 5.69 Å². The van der Waals surface area contributed by atoms with Gasteiger partial charge in [0.2, 0.25) is 0 Å². The topological polar surface area (TPSA) is 70.7 Å². The van der Waals surface area contributed by atoms with Crippen molar-refractivity contribution < 1.29 is 14.3 Å². The lowest BCUT2D eigenvalue weighted by Gasteiger charge is -2.16. The highest BCUT2D eigenvalue weighted by Gasteiger charge is 2.33. The molecule has 0 spiro atoms. The summed E-state index contributed by atoms with van der Waals surface area (Å²) in [6.07, 6.45) is -0.521. The first-order valence-electron chi connectivity index (χ1n) is 7.07. The lowest BCUT2D eigenvalue weighted by Crippen LogP contribution is -2.30. The molecule has 0 saturated carbocycles. The maximum Gasteiger partial charge on any atom is 0.411 e. The highest BCUT2D eigenvalue weighted by Crippen LogP contribution is 2.23. The summed E-state index contributed by atoms with van der Waals surface area (Å²) in [5.74, 6) is 0.147. The predicted molar refractivity (Wildman–Crippen MR) is 88.9 cm³/mol. The molecule has 2 amide bonds. The Hall–Kier alpha value is -2.15. The number of amides is 2. The van der Waals surface area contributed by atoms with Crippen LogP contribution in [0.4, 0.5) is 16.2 Å². The molecule has 0 unspecified atom stereocenters. The van der Waals surface area contributed by atoms with Gasteiger partial charge in [-0.25, -0.2) is 4.79 Å². The minimum Gasteiger partial charge on any atom is -0.449 e. The number of carbonyl (C=O) groups is 2. The number of nitrogens with zero attached hydrogens (tertiary/aromatic N) is 1. The van der Waals surface area contributed by atoms with E-state index in [-0.39, 0.29) is 17.9 Å². The van der Waals surface area contributed by atoms with Crippen LogP contribution in [0, 0.1) is 5.92 Å². The van der Waals surface area contributed by atoms with E-state index in [1.54, 1.807) is 31.2 Å². The van der Waals surface area contributed by atoms with Crippen molar-refractivity contribution in [2.75, 3.05) is 16.8 Å². The van der Waals surface area contributed by atoms with Crippen molar-refractivity contribution >= 4 is 40.7 Å². The molecule has 6 nitrogen and oxygen atoms in total. The monoisotopic (exact) mass is 321 g/mol. The zero-order valence-corrected chi connectivity index (χ0v) is 13.6. The minimum atomic E-state index is -0.521. The Morgan fingerprint density at radius 2 is 2.23 bits per heavy atom. The molecule has 0 radical (unpaired) electrons. The van der Waals surface area contributed by atoms with Gasteiger partial charge >= 0.3 is 6.09 Å². The molecule has 1 aromatic carbocycles. The summed E-state index contributed by atoms with van der Waals surface area (Å²) in [5, 5.41) is 5.90. The van der Waals surface area contributed by atoms with Crippen LogP contribution in [0.1, 0.15) is 20.8 Å². The lowest BCUT2D eigenvalue weighted by atomic mass is 10.2. The fourth-order valence-corrected chi connectivity index (χ4v) is 2.34. The molecule has 1 atom stereocenters. The SMILES string of the molecule is CC(C)COC(=O)Nc1cccc(N2C(=O)[C@@H](C)NC2=S)c1. The first-order chi connectivity index (χ1) is 10.4. The zero-order valence-electron chi connectivity index (χ0n) is 12.8. The largest absolute Gasteiger partial charge is 0.449 e. The molecule has 1 aliphatic heterocycles. The summed E-state index contributed by atoms with van der Waals surface area (Å²) in [7, 11) is 0. The second-order valence-electron chi connectivity index (χ2n) is 5.51. The van der Waals surface area contributed by atoms with Gasteiger partial charge in [0.15, 0.2) is 5.11 Å². The molecule has 2 rings (SSSR count). The fourth-order valence-electron chi connectivity index (χ4n) is 1.97. The first kappa shape index (κ1) is 16.2. The Morgan fingerprint density at radius 3 is 2.82 bits per heavy atom. The Labute approximate surface area is 134 Å². The van der Waals surface area contributed by atoms with E-state index in [0.29, 0.717) is 23.1 Å². The summed E-state index contributed by atoms with van der Waals surface area (Å²) in [6.45, 7) is 6.02. The number of hydrogen-bond acceptors (Lipinski definition) is 4. The highest BCUT2D eigenvalue weighted by atomic mass is 32.1. The average molecular weight is 321 g/mol. The van der Waals surface area contributed by atoms with Crippen molar-refractivity contribution in [2.45, 2.75) is 26.8 Å². The van der Waals surface area contributed by atoms with E-state index in [1.165, 1.54) is 4.90 Å². The molecular weight excluding hydrogens is 302 g/mol. The molecule has 0 aromatic heterocycles. The Morgan fingerprint density at radius 1 is 1.50 bits per heavy atom. The van der Waals surface area contributed by atoms with E-state index in [9.17, 15) is 9.59 Å². The van der Waals surface area contributed by atoms with E-state index < -0.39 is 6.09 Å². The van der Waals surface area contributed by atoms with Crippen molar-refractivity contribution in [3.05, 3.63) is 24.3 Å². The van der Waals surface area contributed by atoms with Gasteiger partial charge in [-0.1, -0.05) is 19.9 Å².